The summed E-state index contributed by atoms with van der Waals surface area (Å²) < 4.78 is 5.12. The summed E-state index contributed by atoms with van der Waals surface area (Å²) in [6, 6.07) is 10.00. The third-order valence-electron chi connectivity index (χ3n) is 3.59. The fourth-order valence-corrected chi connectivity index (χ4v) is 2.53. The van der Waals surface area contributed by atoms with E-state index >= 15 is 0 Å². The van der Waals surface area contributed by atoms with Gasteiger partial charge in [-0.3, -0.25) is 4.79 Å². The average molecular weight is 263 g/mol. The van der Waals surface area contributed by atoms with Crippen LogP contribution in [0.2, 0.25) is 0 Å². The number of piperidine rings is 1. The largest absolute Gasteiger partial charge is 0.391 e. The number of likely N-dealkylation sites (tertiary alicyclic amines) is 1. The molecule has 1 N–H and O–H groups in total. The molecule has 0 unspecified atom stereocenters. The Morgan fingerprint density at radius 2 is 2.16 bits per heavy atom. The molecule has 1 aromatic rings. The van der Waals surface area contributed by atoms with Gasteiger partial charge in [-0.1, -0.05) is 30.3 Å². The van der Waals surface area contributed by atoms with E-state index in [1.807, 2.05) is 37.3 Å². The van der Waals surface area contributed by atoms with Crippen LogP contribution in [0.3, 0.4) is 0 Å². The second kappa shape index (κ2) is 6.68. The first-order valence-corrected chi connectivity index (χ1v) is 6.81. The van der Waals surface area contributed by atoms with Crippen molar-refractivity contribution in [2.75, 3.05) is 26.3 Å². The molecule has 1 aromatic carbocycles. The number of ether oxygens (including phenoxy) is 1. The standard InChI is InChI=1S/C15H21NO3/c1-2-19-11-15(18)16-9-8-13(14(17)10-16)12-6-4-3-5-7-12/h3-7,13-14,17H,2,8-11H2,1H3/t13-,14+/m0/s1. The summed E-state index contributed by atoms with van der Waals surface area (Å²) in [6.45, 7) is 3.59. The van der Waals surface area contributed by atoms with Crippen molar-refractivity contribution in [2.45, 2.75) is 25.4 Å². The Bertz CT molecular complexity index is 407. The van der Waals surface area contributed by atoms with Crippen LogP contribution in [0.25, 0.3) is 0 Å². The van der Waals surface area contributed by atoms with Crippen LogP contribution < -0.4 is 0 Å². The third-order valence-corrected chi connectivity index (χ3v) is 3.59. The van der Waals surface area contributed by atoms with Gasteiger partial charge >= 0.3 is 0 Å². The molecular weight excluding hydrogens is 242 g/mol. The van der Waals surface area contributed by atoms with Crippen LogP contribution in [0.1, 0.15) is 24.8 Å². The van der Waals surface area contributed by atoms with Crippen molar-refractivity contribution in [1.82, 2.24) is 4.90 Å². The van der Waals surface area contributed by atoms with E-state index < -0.39 is 6.10 Å². The molecule has 1 saturated heterocycles. The average Bonchev–Trinajstić information content (AvgIpc) is 2.45. The van der Waals surface area contributed by atoms with E-state index in [0.29, 0.717) is 19.7 Å². The predicted octanol–water partition coefficient (Wildman–Crippen LogP) is 1.40. The number of hydrogen-bond donors (Lipinski definition) is 1. The molecule has 4 heteroatoms. The molecule has 1 fully saturated rings. The summed E-state index contributed by atoms with van der Waals surface area (Å²) >= 11 is 0. The number of carbonyl (C=O) groups excluding carboxylic acids is 1. The molecule has 0 bridgehead atoms. The topological polar surface area (TPSA) is 49.8 Å². The van der Waals surface area contributed by atoms with Crippen molar-refractivity contribution >= 4 is 5.91 Å². The Morgan fingerprint density at radius 1 is 1.42 bits per heavy atom. The van der Waals surface area contributed by atoms with Crippen molar-refractivity contribution < 1.29 is 14.6 Å². The molecule has 1 aliphatic rings. The Labute approximate surface area is 114 Å². The van der Waals surface area contributed by atoms with Crippen LogP contribution in [0.15, 0.2) is 30.3 Å². The van der Waals surface area contributed by atoms with Gasteiger partial charge in [0.25, 0.3) is 0 Å². The number of rotatable bonds is 4. The molecule has 0 radical (unpaired) electrons. The van der Waals surface area contributed by atoms with Gasteiger partial charge in [-0.05, 0) is 18.9 Å². The highest BCUT2D eigenvalue weighted by atomic mass is 16.5. The second-order valence-corrected chi connectivity index (χ2v) is 4.85. The first-order chi connectivity index (χ1) is 9.22. The lowest BCUT2D eigenvalue weighted by molar-refractivity contribution is -0.139. The summed E-state index contributed by atoms with van der Waals surface area (Å²) in [4.78, 5) is 13.5. The zero-order valence-corrected chi connectivity index (χ0v) is 11.3. The summed E-state index contributed by atoms with van der Waals surface area (Å²) in [5.41, 5.74) is 1.15. The number of β-amino-alcohol motifs (C(OH)–C–C–N with tert-alkyl or cyclic N) is 1. The van der Waals surface area contributed by atoms with Crippen LogP contribution in [-0.4, -0.2) is 48.3 Å². The fourth-order valence-electron chi connectivity index (χ4n) is 2.53. The molecule has 1 heterocycles. The molecule has 0 aromatic heterocycles. The Morgan fingerprint density at radius 3 is 2.79 bits per heavy atom. The van der Waals surface area contributed by atoms with Gasteiger partial charge in [0.05, 0.1) is 6.10 Å². The first-order valence-electron chi connectivity index (χ1n) is 6.81. The maximum atomic E-state index is 11.8. The number of aliphatic hydroxyl groups is 1. The number of aliphatic hydroxyl groups excluding tert-OH is 1. The second-order valence-electron chi connectivity index (χ2n) is 4.85. The molecule has 4 nitrogen and oxygen atoms in total. The van der Waals surface area contributed by atoms with E-state index in [4.69, 9.17) is 4.74 Å². The van der Waals surface area contributed by atoms with Gasteiger partial charge in [-0.25, -0.2) is 0 Å². The van der Waals surface area contributed by atoms with Gasteiger partial charge in [0, 0.05) is 25.6 Å². The molecule has 104 valence electrons. The van der Waals surface area contributed by atoms with E-state index in [1.54, 1.807) is 4.90 Å². The molecule has 1 aliphatic heterocycles. The van der Waals surface area contributed by atoms with Gasteiger partial charge in [0.15, 0.2) is 0 Å². The molecule has 19 heavy (non-hydrogen) atoms. The van der Waals surface area contributed by atoms with Gasteiger partial charge in [0.2, 0.25) is 5.91 Å². The maximum absolute atomic E-state index is 11.8. The van der Waals surface area contributed by atoms with Crippen molar-refractivity contribution in [1.29, 1.82) is 0 Å². The van der Waals surface area contributed by atoms with Crippen molar-refractivity contribution in [2.24, 2.45) is 0 Å². The zero-order valence-electron chi connectivity index (χ0n) is 11.3. The highest BCUT2D eigenvalue weighted by Crippen LogP contribution is 2.28. The van der Waals surface area contributed by atoms with Crippen LogP contribution in [0.5, 0.6) is 0 Å². The zero-order chi connectivity index (χ0) is 13.7. The lowest BCUT2D eigenvalue weighted by atomic mass is 9.87. The van der Waals surface area contributed by atoms with Crippen molar-refractivity contribution in [3.8, 4) is 0 Å². The summed E-state index contributed by atoms with van der Waals surface area (Å²) in [6.07, 6.45) is 0.296. The molecule has 1 amide bonds. The van der Waals surface area contributed by atoms with E-state index in [9.17, 15) is 9.90 Å². The third kappa shape index (κ3) is 3.55. The minimum atomic E-state index is -0.498. The Kier molecular flexibility index (Phi) is 4.93. The maximum Gasteiger partial charge on any atom is 0.248 e. The Hall–Kier alpha value is -1.39. The van der Waals surface area contributed by atoms with E-state index in [2.05, 4.69) is 0 Å². The van der Waals surface area contributed by atoms with E-state index in [1.165, 1.54) is 0 Å². The molecule has 0 aliphatic carbocycles. The molecule has 0 spiro atoms. The van der Waals surface area contributed by atoms with Gasteiger partial charge in [0.1, 0.15) is 6.61 Å². The summed E-state index contributed by atoms with van der Waals surface area (Å²) in [5, 5.41) is 10.2. The highest BCUT2D eigenvalue weighted by Gasteiger charge is 2.30. The number of amides is 1. The van der Waals surface area contributed by atoms with E-state index in [-0.39, 0.29) is 18.4 Å². The van der Waals surface area contributed by atoms with Gasteiger partial charge in [-0.2, -0.15) is 0 Å². The minimum absolute atomic E-state index is 0.0348. The lowest BCUT2D eigenvalue weighted by Crippen LogP contribution is -2.47. The minimum Gasteiger partial charge on any atom is -0.391 e. The number of hydrogen-bond acceptors (Lipinski definition) is 3. The number of benzene rings is 1. The quantitative estimate of drug-likeness (QED) is 0.893. The highest BCUT2D eigenvalue weighted by molar-refractivity contribution is 5.77. The summed E-state index contributed by atoms with van der Waals surface area (Å²) in [5.74, 6) is 0.0877. The van der Waals surface area contributed by atoms with Gasteiger partial charge < -0.3 is 14.7 Å². The molecule has 0 saturated carbocycles. The first kappa shape index (κ1) is 14.0. The van der Waals surface area contributed by atoms with Crippen molar-refractivity contribution in [3.63, 3.8) is 0 Å². The predicted molar refractivity (Wildman–Crippen MR) is 72.9 cm³/mol. The van der Waals surface area contributed by atoms with Crippen LogP contribution in [-0.2, 0) is 9.53 Å². The molecule has 2 atom stereocenters. The summed E-state index contributed by atoms with van der Waals surface area (Å²) in [7, 11) is 0. The molecular formula is C15H21NO3. The lowest BCUT2D eigenvalue weighted by Gasteiger charge is -2.36. The molecule has 2 rings (SSSR count). The monoisotopic (exact) mass is 263 g/mol. The fraction of sp³-hybridized carbons (Fsp3) is 0.533. The van der Waals surface area contributed by atoms with Gasteiger partial charge in [-0.15, -0.1) is 0 Å². The van der Waals surface area contributed by atoms with Crippen LogP contribution >= 0.6 is 0 Å². The normalized spacial score (nSPS) is 23.4. The SMILES string of the molecule is CCOCC(=O)N1CC[C@@H](c2ccccc2)[C@H](O)C1. The van der Waals surface area contributed by atoms with Crippen molar-refractivity contribution in [3.05, 3.63) is 35.9 Å². The smallest absolute Gasteiger partial charge is 0.248 e. The number of carbonyl (C=O) groups is 1. The Balaban J connectivity index is 1.93. The van der Waals surface area contributed by atoms with Crippen LogP contribution in [0.4, 0.5) is 0 Å². The van der Waals surface area contributed by atoms with Crippen LogP contribution in [0, 0.1) is 0 Å². The van der Waals surface area contributed by atoms with E-state index in [0.717, 1.165) is 12.0 Å². The number of nitrogens with zero attached hydrogens (tertiary/aromatic N) is 1.